The summed E-state index contributed by atoms with van der Waals surface area (Å²) < 4.78 is 0. The van der Waals surface area contributed by atoms with Crippen molar-refractivity contribution >= 4 is 17.6 Å². The van der Waals surface area contributed by atoms with Crippen LogP contribution in [0.2, 0.25) is 0 Å². The number of benzene rings is 1. The maximum atomic E-state index is 11.4. The molecule has 1 unspecified atom stereocenters. The van der Waals surface area contributed by atoms with E-state index in [0.717, 1.165) is 0 Å². The van der Waals surface area contributed by atoms with E-state index in [1.165, 1.54) is 0 Å². The van der Waals surface area contributed by atoms with Gasteiger partial charge in [0.1, 0.15) is 6.04 Å². The minimum absolute atomic E-state index is 0.356. The SMILES string of the molecule is NC(=O)C(=O)C1NC(=O)c2ccccc21. The molecule has 5 heteroatoms. The van der Waals surface area contributed by atoms with E-state index in [9.17, 15) is 14.4 Å². The largest absolute Gasteiger partial charge is 0.363 e. The first-order chi connectivity index (χ1) is 7.11. The number of primary amides is 1. The Bertz CT molecular complexity index is 467. The van der Waals surface area contributed by atoms with Gasteiger partial charge < -0.3 is 11.1 Å². The fraction of sp³-hybridized carbons (Fsp3) is 0.100. The molecule has 1 atom stereocenters. The molecule has 2 amide bonds. The van der Waals surface area contributed by atoms with Gasteiger partial charge in [0, 0.05) is 5.56 Å². The summed E-state index contributed by atoms with van der Waals surface area (Å²) in [5, 5.41) is 2.41. The number of nitrogens with two attached hydrogens (primary N) is 1. The maximum absolute atomic E-state index is 11.4. The standard InChI is InChI=1S/C10H8N2O3/c11-9(14)8(13)7-5-3-1-2-4-6(5)10(15)12-7/h1-4,7H,(H2,11,14)(H,12,15). The summed E-state index contributed by atoms with van der Waals surface area (Å²) >= 11 is 0. The summed E-state index contributed by atoms with van der Waals surface area (Å²) in [5.74, 6) is -2.20. The van der Waals surface area contributed by atoms with Crippen molar-refractivity contribution < 1.29 is 14.4 Å². The Morgan fingerprint density at radius 2 is 1.93 bits per heavy atom. The molecule has 3 N–H and O–H groups in total. The van der Waals surface area contributed by atoms with Crippen LogP contribution in [0.5, 0.6) is 0 Å². The molecule has 1 aliphatic heterocycles. The van der Waals surface area contributed by atoms with E-state index in [4.69, 9.17) is 5.73 Å². The number of amides is 2. The van der Waals surface area contributed by atoms with Gasteiger partial charge in [-0.05, 0) is 11.6 Å². The normalized spacial score (nSPS) is 18.1. The van der Waals surface area contributed by atoms with Crippen molar-refractivity contribution in [2.45, 2.75) is 6.04 Å². The zero-order valence-corrected chi connectivity index (χ0v) is 7.69. The van der Waals surface area contributed by atoms with Crippen molar-refractivity contribution in [2.24, 2.45) is 5.73 Å². The highest BCUT2D eigenvalue weighted by Gasteiger charge is 2.35. The van der Waals surface area contributed by atoms with E-state index < -0.39 is 17.7 Å². The highest BCUT2D eigenvalue weighted by molar-refractivity contribution is 6.38. The zero-order valence-electron chi connectivity index (χ0n) is 7.69. The fourth-order valence-electron chi connectivity index (χ4n) is 1.59. The van der Waals surface area contributed by atoms with Crippen molar-refractivity contribution in [3.63, 3.8) is 0 Å². The van der Waals surface area contributed by atoms with Gasteiger partial charge in [-0.25, -0.2) is 0 Å². The highest BCUT2D eigenvalue weighted by atomic mass is 16.2. The van der Waals surface area contributed by atoms with Crippen LogP contribution in [0.15, 0.2) is 24.3 Å². The van der Waals surface area contributed by atoms with Gasteiger partial charge in [0.05, 0.1) is 0 Å². The molecule has 5 nitrogen and oxygen atoms in total. The maximum Gasteiger partial charge on any atom is 0.287 e. The molecule has 1 aliphatic rings. The highest BCUT2D eigenvalue weighted by Crippen LogP contribution is 2.25. The van der Waals surface area contributed by atoms with Crippen molar-refractivity contribution in [3.8, 4) is 0 Å². The Kier molecular flexibility index (Phi) is 2.00. The molecular weight excluding hydrogens is 196 g/mol. The average Bonchev–Trinajstić information content (AvgIpc) is 2.56. The summed E-state index contributed by atoms with van der Waals surface area (Å²) in [6.45, 7) is 0. The van der Waals surface area contributed by atoms with Crippen LogP contribution in [0.1, 0.15) is 22.0 Å². The lowest BCUT2D eigenvalue weighted by molar-refractivity contribution is -0.137. The smallest absolute Gasteiger partial charge is 0.287 e. The van der Waals surface area contributed by atoms with Crippen LogP contribution >= 0.6 is 0 Å². The zero-order chi connectivity index (χ0) is 11.0. The molecule has 0 saturated heterocycles. The van der Waals surface area contributed by atoms with Crippen LogP contribution in [0.3, 0.4) is 0 Å². The molecule has 0 aliphatic carbocycles. The summed E-state index contributed by atoms with van der Waals surface area (Å²) in [6, 6.07) is 5.68. The van der Waals surface area contributed by atoms with E-state index in [0.29, 0.717) is 11.1 Å². The molecule has 0 bridgehead atoms. The molecule has 0 saturated carbocycles. The molecule has 2 rings (SSSR count). The molecule has 1 heterocycles. The minimum atomic E-state index is -1.04. The molecule has 1 aromatic rings. The van der Waals surface area contributed by atoms with Crippen molar-refractivity contribution in [1.29, 1.82) is 0 Å². The van der Waals surface area contributed by atoms with Crippen molar-refractivity contribution in [3.05, 3.63) is 35.4 Å². The van der Waals surface area contributed by atoms with Crippen LogP contribution in [0.4, 0.5) is 0 Å². The van der Waals surface area contributed by atoms with Crippen LogP contribution in [-0.2, 0) is 9.59 Å². The van der Waals surface area contributed by atoms with E-state index in [1.807, 2.05) is 0 Å². The third-order valence-corrected chi connectivity index (χ3v) is 2.30. The number of nitrogens with one attached hydrogen (secondary N) is 1. The van der Waals surface area contributed by atoms with Crippen LogP contribution < -0.4 is 11.1 Å². The lowest BCUT2D eigenvalue weighted by Crippen LogP contribution is -2.35. The molecular formula is C10H8N2O3. The first kappa shape index (κ1) is 9.39. The predicted octanol–water partition coefficient (Wildman–Crippen LogP) is -0.474. The molecule has 76 valence electrons. The number of rotatable bonds is 2. The Morgan fingerprint density at radius 1 is 1.27 bits per heavy atom. The van der Waals surface area contributed by atoms with E-state index >= 15 is 0 Å². The Morgan fingerprint density at radius 3 is 2.60 bits per heavy atom. The molecule has 0 spiro atoms. The summed E-state index contributed by atoms with van der Waals surface area (Å²) in [4.78, 5) is 33.5. The summed E-state index contributed by atoms with van der Waals surface area (Å²) in [7, 11) is 0. The fourth-order valence-corrected chi connectivity index (χ4v) is 1.59. The van der Waals surface area contributed by atoms with Gasteiger partial charge in [0.25, 0.3) is 11.8 Å². The third kappa shape index (κ3) is 1.38. The van der Waals surface area contributed by atoms with Crippen molar-refractivity contribution in [1.82, 2.24) is 5.32 Å². The predicted molar refractivity (Wildman–Crippen MR) is 50.9 cm³/mol. The topological polar surface area (TPSA) is 89.3 Å². The Hall–Kier alpha value is -2.17. The number of Topliss-reactive ketones (excluding diaryl/α,β-unsaturated/α-hetero) is 1. The third-order valence-electron chi connectivity index (χ3n) is 2.30. The molecule has 15 heavy (non-hydrogen) atoms. The van der Waals surface area contributed by atoms with Gasteiger partial charge >= 0.3 is 0 Å². The summed E-state index contributed by atoms with van der Waals surface area (Å²) in [6.07, 6.45) is 0. The quantitative estimate of drug-likeness (QED) is 0.638. The Balaban J connectivity index is 2.45. The second-order valence-corrected chi connectivity index (χ2v) is 3.22. The number of carbonyl (C=O) groups excluding carboxylic acids is 3. The second-order valence-electron chi connectivity index (χ2n) is 3.22. The number of hydrogen-bond donors (Lipinski definition) is 2. The number of carbonyl (C=O) groups is 3. The molecule has 0 fully saturated rings. The number of hydrogen-bond acceptors (Lipinski definition) is 3. The monoisotopic (exact) mass is 204 g/mol. The van der Waals surface area contributed by atoms with Crippen LogP contribution in [0, 0.1) is 0 Å². The molecule has 0 radical (unpaired) electrons. The van der Waals surface area contributed by atoms with Gasteiger partial charge in [0.2, 0.25) is 5.78 Å². The number of ketones is 1. The lowest BCUT2D eigenvalue weighted by atomic mass is 10.0. The van der Waals surface area contributed by atoms with E-state index in [-0.39, 0.29) is 5.91 Å². The second kappa shape index (κ2) is 3.20. The van der Waals surface area contributed by atoms with Crippen LogP contribution in [-0.4, -0.2) is 17.6 Å². The lowest BCUT2D eigenvalue weighted by Gasteiger charge is -2.06. The van der Waals surface area contributed by atoms with Crippen molar-refractivity contribution in [2.75, 3.05) is 0 Å². The average molecular weight is 204 g/mol. The minimum Gasteiger partial charge on any atom is -0.363 e. The summed E-state index contributed by atoms with van der Waals surface area (Å²) in [5.41, 5.74) is 5.80. The van der Waals surface area contributed by atoms with Gasteiger partial charge in [-0.1, -0.05) is 18.2 Å². The number of fused-ring (bicyclic) bond motifs is 1. The van der Waals surface area contributed by atoms with Gasteiger partial charge in [-0.15, -0.1) is 0 Å². The van der Waals surface area contributed by atoms with E-state index in [1.54, 1.807) is 24.3 Å². The van der Waals surface area contributed by atoms with Gasteiger partial charge in [-0.2, -0.15) is 0 Å². The first-order valence-electron chi connectivity index (χ1n) is 4.34. The van der Waals surface area contributed by atoms with Gasteiger partial charge in [0.15, 0.2) is 0 Å². The van der Waals surface area contributed by atoms with Gasteiger partial charge in [-0.3, -0.25) is 14.4 Å². The Labute approximate surface area is 85.3 Å². The molecule has 1 aromatic carbocycles. The van der Waals surface area contributed by atoms with E-state index in [2.05, 4.69) is 5.32 Å². The first-order valence-corrected chi connectivity index (χ1v) is 4.34. The molecule has 0 aromatic heterocycles. The van der Waals surface area contributed by atoms with Crippen LogP contribution in [0.25, 0.3) is 0 Å².